The minimum atomic E-state index is -0.938. The van der Waals surface area contributed by atoms with Gasteiger partial charge in [-0.25, -0.2) is 4.79 Å². The van der Waals surface area contributed by atoms with E-state index < -0.39 is 5.97 Å². The maximum absolute atomic E-state index is 11.0. The number of fused-ring (bicyclic) bond motifs is 1. The Kier molecular flexibility index (Phi) is 3.41. The number of benzene rings is 1. The summed E-state index contributed by atoms with van der Waals surface area (Å²) in [4.78, 5) is 11.0. The van der Waals surface area contributed by atoms with Gasteiger partial charge in [0.1, 0.15) is 0 Å². The van der Waals surface area contributed by atoms with E-state index in [-0.39, 0.29) is 5.56 Å². The molecule has 0 radical (unpaired) electrons. The molecule has 17 heavy (non-hydrogen) atoms. The Morgan fingerprint density at radius 1 is 1.41 bits per heavy atom. The van der Waals surface area contributed by atoms with E-state index in [1.54, 1.807) is 24.4 Å². The molecule has 0 saturated carbocycles. The van der Waals surface area contributed by atoms with Crippen LogP contribution in [0.15, 0.2) is 41.0 Å². The molecule has 1 aromatic heterocycles. The minimum absolute atomic E-state index is 0.284. The average molecular weight is 270 g/mol. The molecule has 0 aliphatic heterocycles. The molecule has 0 spiro atoms. The zero-order valence-electron chi connectivity index (χ0n) is 8.73. The van der Waals surface area contributed by atoms with Crippen LogP contribution in [0.25, 0.3) is 10.9 Å². The minimum Gasteiger partial charge on any atom is -0.478 e. The molecule has 1 heterocycles. The van der Waals surface area contributed by atoms with Crippen LogP contribution in [0, 0.1) is 0 Å². The van der Waals surface area contributed by atoms with Gasteiger partial charge in [-0.2, -0.15) is 0 Å². The van der Waals surface area contributed by atoms with Gasteiger partial charge in [-0.1, -0.05) is 29.3 Å². The summed E-state index contributed by atoms with van der Waals surface area (Å²) < 4.78 is 1.85. The molecular formula is C12H9Cl2NO2. The molecule has 0 fully saturated rings. The Morgan fingerprint density at radius 2 is 2.18 bits per heavy atom. The third kappa shape index (κ3) is 2.30. The Morgan fingerprint density at radius 3 is 2.82 bits per heavy atom. The van der Waals surface area contributed by atoms with Crippen molar-refractivity contribution in [1.82, 2.24) is 4.57 Å². The van der Waals surface area contributed by atoms with Crippen molar-refractivity contribution in [3.05, 3.63) is 46.6 Å². The fourth-order valence-electron chi connectivity index (χ4n) is 1.75. The zero-order valence-corrected chi connectivity index (χ0v) is 10.2. The Balaban J connectivity index is 2.55. The fraction of sp³-hybridized carbons (Fsp3) is 0.0833. The van der Waals surface area contributed by atoms with Gasteiger partial charge in [0.05, 0.1) is 12.1 Å². The number of carboxylic acid groups (broad SMARTS) is 1. The van der Waals surface area contributed by atoms with E-state index >= 15 is 0 Å². The first kappa shape index (κ1) is 12.0. The molecule has 0 amide bonds. The van der Waals surface area contributed by atoms with Gasteiger partial charge in [-0.05, 0) is 18.2 Å². The van der Waals surface area contributed by atoms with Crippen LogP contribution in [0.4, 0.5) is 0 Å². The van der Waals surface area contributed by atoms with Crippen LogP contribution in [-0.4, -0.2) is 15.6 Å². The first-order valence-electron chi connectivity index (χ1n) is 4.89. The van der Waals surface area contributed by atoms with Crippen molar-refractivity contribution in [2.45, 2.75) is 6.54 Å². The molecule has 5 heteroatoms. The first-order chi connectivity index (χ1) is 8.13. The van der Waals surface area contributed by atoms with Crippen molar-refractivity contribution in [3.8, 4) is 0 Å². The van der Waals surface area contributed by atoms with E-state index in [2.05, 4.69) is 0 Å². The Bertz CT molecular complexity index is 602. The van der Waals surface area contributed by atoms with Crippen LogP contribution in [0.5, 0.6) is 0 Å². The van der Waals surface area contributed by atoms with Crippen LogP contribution in [0.1, 0.15) is 10.4 Å². The number of aromatic carboxylic acids is 1. The Hall–Kier alpha value is -1.45. The highest BCUT2D eigenvalue weighted by Crippen LogP contribution is 2.22. The number of hydrogen-bond donors (Lipinski definition) is 1. The summed E-state index contributed by atoms with van der Waals surface area (Å²) in [6, 6.07) is 6.89. The highest BCUT2D eigenvalue weighted by atomic mass is 35.5. The Labute approximate surface area is 108 Å². The van der Waals surface area contributed by atoms with Crippen molar-refractivity contribution in [3.63, 3.8) is 0 Å². The highest BCUT2D eigenvalue weighted by Gasteiger charge is 2.10. The van der Waals surface area contributed by atoms with Crippen LogP contribution in [0.3, 0.4) is 0 Å². The van der Waals surface area contributed by atoms with Crippen LogP contribution in [0.2, 0.25) is 0 Å². The lowest BCUT2D eigenvalue weighted by molar-refractivity contribution is 0.0699. The molecule has 3 nitrogen and oxygen atoms in total. The lowest BCUT2D eigenvalue weighted by atomic mass is 10.1. The van der Waals surface area contributed by atoms with Crippen LogP contribution < -0.4 is 0 Å². The smallest absolute Gasteiger partial charge is 0.336 e. The number of halogens is 2. The molecule has 1 aromatic carbocycles. The topological polar surface area (TPSA) is 42.2 Å². The first-order valence-corrected chi connectivity index (χ1v) is 5.71. The molecule has 1 N–H and O–H groups in total. The fourth-order valence-corrected chi connectivity index (χ4v) is 1.94. The molecule has 0 aliphatic carbocycles. The molecule has 0 saturated heterocycles. The number of hydrogen-bond acceptors (Lipinski definition) is 1. The second kappa shape index (κ2) is 4.82. The maximum atomic E-state index is 11.0. The molecular weight excluding hydrogens is 261 g/mol. The summed E-state index contributed by atoms with van der Waals surface area (Å²) in [6.45, 7) is 0.428. The summed E-state index contributed by atoms with van der Waals surface area (Å²) in [7, 11) is 0. The normalized spacial score (nSPS) is 12.0. The molecule has 0 aliphatic rings. The summed E-state index contributed by atoms with van der Waals surface area (Å²) in [6.07, 6.45) is 1.79. The third-order valence-corrected chi connectivity index (χ3v) is 3.09. The largest absolute Gasteiger partial charge is 0.478 e. The lowest BCUT2D eigenvalue weighted by Gasteiger charge is -2.04. The summed E-state index contributed by atoms with van der Waals surface area (Å²) in [5.41, 5.74) is 2.41. The third-order valence-electron chi connectivity index (χ3n) is 2.48. The number of allylic oxidation sites excluding steroid dienone is 1. The number of nitrogens with zero attached hydrogens (tertiary/aromatic N) is 1. The van der Waals surface area contributed by atoms with Crippen LogP contribution >= 0.6 is 23.2 Å². The van der Waals surface area contributed by atoms with Gasteiger partial charge in [-0.15, -0.1) is 0 Å². The van der Waals surface area contributed by atoms with Gasteiger partial charge in [-0.3, -0.25) is 0 Å². The highest BCUT2D eigenvalue weighted by molar-refractivity contribution is 6.36. The van der Waals surface area contributed by atoms with E-state index in [1.807, 2.05) is 10.6 Å². The molecule has 0 atom stereocenters. The predicted octanol–water partition coefficient (Wildman–Crippen LogP) is 3.66. The van der Waals surface area contributed by atoms with Crippen molar-refractivity contribution in [2.75, 3.05) is 0 Å². The van der Waals surface area contributed by atoms with Gasteiger partial charge in [0, 0.05) is 27.7 Å². The van der Waals surface area contributed by atoms with E-state index in [0.717, 1.165) is 5.52 Å². The van der Waals surface area contributed by atoms with Crippen molar-refractivity contribution >= 4 is 40.1 Å². The van der Waals surface area contributed by atoms with E-state index in [4.69, 9.17) is 28.3 Å². The van der Waals surface area contributed by atoms with Crippen molar-refractivity contribution in [2.24, 2.45) is 0 Å². The molecule has 2 rings (SSSR count). The number of rotatable bonds is 3. The van der Waals surface area contributed by atoms with Crippen molar-refractivity contribution in [1.29, 1.82) is 0 Å². The van der Waals surface area contributed by atoms with E-state index in [1.165, 1.54) is 5.54 Å². The monoisotopic (exact) mass is 269 g/mol. The van der Waals surface area contributed by atoms with Gasteiger partial charge in [0.15, 0.2) is 0 Å². The maximum Gasteiger partial charge on any atom is 0.336 e. The SMILES string of the molecule is O=C(O)c1cccc2c1ccn2CC(Cl)=CCl. The molecule has 0 bridgehead atoms. The van der Waals surface area contributed by atoms with E-state index in [9.17, 15) is 4.79 Å². The predicted molar refractivity (Wildman–Crippen MR) is 68.7 cm³/mol. The van der Waals surface area contributed by atoms with Gasteiger partial charge >= 0.3 is 5.97 Å². The molecule has 0 unspecified atom stereocenters. The standard InChI is InChI=1S/C12H9Cl2NO2/c13-6-8(14)7-15-5-4-9-10(12(16)17)2-1-3-11(9)15/h1-6H,7H2,(H,16,17). The molecule has 2 aromatic rings. The number of aromatic nitrogens is 1. The summed E-state index contributed by atoms with van der Waals surface area (Å²) in [5, 5.41) is 10.2. The number of carbonyl (C=O) groups is 1. The van der Waals surface area contributed by atoms with Gasteiger partial charge < -0.3 is 9.67 Å². The van der Waals surface area contributed by atoms with Gasteiger partial charge in [0.25, 0.3) is 0 Å². The second-order valence-corrected chi connectivity index (χ2v) is 4.25. The molecule has 88 valence electrons. The van der Waals surface area contributed by atoms with E-state index in [0.29, 0.717) is 17.0 Å². The second-order valence-electron chi connectivity index (χ2n) is 3.54. The zero-order chi connectivity index (χ0) is 12.4. The summed E-state index contributed by atoms with van der Waals surface area (Å²) >= 11 is 11.4. The number of carboxylic acids is 1. The average Bonchev–Trinajstić information content (AvgIpc) is 2.72. The lowest BCUT2D eigenvalue weighted by Crippen LogP contribution is -1.98. The quantitative estimate of drug-likeness (QED) is 0.924. The van der Waals surface area contributed by atoms with Crippen molar-refractivity contribution < 1.29 is 9.90 Å². The van der Waals surface area contributed by atoms with Crippen LogP contribution in [-0.2, 0) is 6.54 Å². The van der Waals surface area contributed by atoms with Gasteiger partial charge in [0.2, 0.25) is 0 Å². The summed E-state index contributed by atoms with van der Waals surface area (Å²) in [5.74, 6) is -0.938.